The number of amides is 1. The third-order valence-electron chi connectivity index (χ3n) is 2.42. The molecule has 1 rings (SSSR count). The number of nitrogens with one attached hydrogen (secondary N) is 1. The molecule has 0 spiro atoms. The van der Waals surface area contributed by atoms with E-state index in [4.69, 9.17) is 5.11 Å². The van der Waals surface area contributed by atoms with E-state index in [2.05, 4.69) is 10.2 Å². The Bertz CT molecular complexity index is 230. The molecule has 1 fully saturated rings. The molecule has 0 aromatic rings. The molecule has 0 bridgehead atoms. The second kappa shape index (κ2) is 4.95. The number of carboxylic acids is 1. The van der Waals surface area contributed by atoms with E-state index in [0.717, 1.165) is 19.5 Å². The van der Waals surface area contributed by atoms with Gasteiger partial charge < -0.3 is 15.3 Å². The van der Waals surface area contributed by atoms with Gasteiger partial charge in [0.25, 0.3) is 0 Å². The summed E-state index contributed by atoms with van der Waals surface area (Å²) in [5.41, 5.74) is 0. The molecule has 5 heteroatoms. The van der Waals surface area contributed by atoms with E-state index in [9.17, 15) is 9.59 Å². The van der Waals surface area contributed by atoms with Gasteiger partial charge in [0.05, 0.1) is 5.92 Å². The van der Waals surface area contributed by atoms with Crippen molar-refractivity contribution in [3.05, 3.63) is 0 Å². The molecule has 1 atom stereocenters. The van der Waals surface area contributed by atoms with Gasteiger partial charge in [-0.15, -0.1) is 0 Å². The lowest BCUT2D eigenvalue weighted by Gasteiger charge is -2.14. The van der Waals surface area contributed by atoms with Crippen molar-refractivity contribution in [1.82, 2.24) is 10.2 Å². The standard InChI is InChI=1S/C9H16N2O3/c1-7(12)10-3-5-11-4-2-8(6-11)9(13)14/h8H,2-6H2,1H3,(H,10,12)(H,13,14). The van der Waals surface area contributed by atoms with Gasteiger partial charge in [-0.1, -0.05) is 0 Å². The van der Waals surface area contributed by atoms with Gasteiger partial charge >= 0.3 is 5.97 Å². The molecule has 1 aliphatic heterocycles. The maximum atomic E-state index is 10.6. The van der Waals surface area contributed by atoms with Crippen molar-refractivity contribution in [2.45, 2.75) is 13.3 Å². The normalized spacial score (nSPS) is 22.2. The highest BCUT2D eigenvalue weighted by molar-refractivity contribution is 5.72. The molecular formula is C9H16N2O3. The predicted molar refractivity (Wildman–Crippen MR) is 50.9 cm³/mol. The lowest BCUT2D eigenvalue weighted by atomic mass is 10.1. The largest absolute Gasteiger partial charge is 0.481 e. The predicted octanol–water partition coefficient (Wildman–Crippen LogP) is -0.471. The zero-order valence-corrected chi connectivity index (χ0v) is 8.32. The third-order valence-corrected chi connectivity index (χ3v) is 2.42. The molecule has 0 aromatic heterocycles. The van der Waals surface area contributed by atoms with Gasteiger partial charge in [-0.2, -0.15) is 0 Å². The molecule has 1 amide bonds. The van der Waals surface area contributed by atoms with Gasteiger partial charge in [0.15, 0.2) is 0 Å². The maximum Gasteiger partial charge on any atom is 0.307 e. The van der Waals surface area contributed by atoms with Gasteiger partial charge in [-0.25, -0.2) is 0 Å². The molecular weight excluding hydrogens is 184 g/mol. The van der Waals surface area contributed by atoms with Crippen LogP contribution >= 0.6 is 0 Å². The smallest absolute Gasteiger partial charge is 0.307 e. The van der Waals surface area contributed by atoms with Crippen molar-refractivity contribution in [1.29, 1.82) is 0 Å². The molecule has 0 saturated carbocycles. The Hall–Kier alpha value is -1.10. The first-order valence-electron chi connectivity index (χ1n) is 4.79. The lowest BCUT2D eigenvalue weighted by molar-refractivity contribution is -0.141. The van der Waals surface area contributed by atoms with E-state index in [0.29, 0.717) is 13.1 Å². The summed E-state index contributed by atoms with van der Waals surface area (Å²) in [4.78, 5) is 23.3. The Labute approximate surface area is 83.1 Å². The fourth-order valence-corrected chi connectivity index (χ4v) is 1.63. The summed E-state index contributed by atoms with van der Waals surface area (Å²) >= 11 is 0. The van der Waals surface area contributed by atoms with E-state index in [1.54, 1.807) is 0 Å². The van der Waals surface area contributed by atoms with Crippen molar-refractivity contribution in [2.75, 3.05) is 26.2 Å². The topological polar surface area (TPSA) is 69.6 Å². The van der Waals surface area contributed by atoms with E-state index in [1.807, 2.05) is 0 Å². The van der Waals surface area contributed by atoms with Gasteiger partial charge in [0, 0.05) is 26.6 Å². The first kappa shape index (κ1) is 11.0. The average Bonchev–Trinajstić information content (AvgIpc) is 2.52. The Morgan fingerprint density at radius 3 is 2.79 bits per heavy atom. The van der Waals surface area contributed by atoms with Crippen LogP contribution in [0.1, 0.15) is 13.3 Å². The Morgan fingerprint density at radius 1 is 1.57 bits per heavy atom. The van der Waals surface area contributed by atoms with Crippen molar-refractivity contribution in [3.8, 4) is 0 Å². The van der Waals surface area contributed by atoms with Gasteiger partial charge in [-0.05, 0) is 13.0 Å². The number of nitrogens with zero attached hydrogens (tertiary/aromatic N) is 1. The minimum absolute atomic E-state index is 0.0426. The molecule has 1 heterocycles. The summed E-state index contributed by atoms with van der Waals surface area (Å²) in [6.07, 6.45) is 0.718. The summed E-state index contributed by atoms with van der Waals surface area (Å²) in [6, 6.07) is 0. The highest BCUT2D eigenvalue weighted by Gasteiger charge is 2.27. The number of hydrogen-bond acceptors (Lipinski definition) is 3. The van der Waals surface area contributed by atoms with Crippen LogP contribution in [0.5, 0.6) is 0 Å². The zero-order chi connectivity index (χ0) is 10.6. The quantitative estimate of drug-likeness (QED) is 0.643. The van der Waals surface area contributed by atoms with E-state index >= 15 is 0 Å². The number of aliphatic carboxylic acids is 1. The molecule has 0 radical (unpaired) electrons. The van der Waals surface area contributed by atoms with Crippen LogP contribution in [0.2, 0.25) is 0 Å². The van der Waals surface area contributed by atoms with Gasteiger partial charge in [0.1, 0.15) is 0 Å². The Morgan fingerprint density at radius 2 is 2.29 bits per heavy atom. The molecule has 2 N–H and O–H groups in total. The molecule has 0 aliphatic carbocycles. The minimum atomic E-state index is -0.716. The number of likely N-dealkylation sites (tertiary alicyclic amines) is 1. The number of carboxylic acid groups (broad SMARTS) is 1. The minimum Gasteiger partial charge on any atom is -0.481 e. The maximum absolute atomic E-state index is 10.6. The molecule has 1 unspecified atom stereocenters. The Kier molecular flexibility index (Phi) is 3.88. The van der Waals surface area contributed by atoms with Crippen molar-refractivity contribution >= 4 is 11.9 Å². The van der Waals surface area contributed by atoms with E-state index < -0.39 is 5.97 Å². The fraction of sp³-hybridized carbons (Fsp3) is 0.778. The van der Waals surface area contributed by atoms with Crippen LogP contribution in [0, 0.1) is 5.92 Å². The number of carbonyl (C=O) groups excluding carboxylic acids is 1. The molecule has 1 saturated heterocycles. The van der Waals surface area contributed by atoms with Crippen LogP contribution in [-0.4, -0.2) is 48.1 Å². The number of rotatable bonds is 4. The summed E-state index contributed by atoms with van der Waals surface area (Å²) < 4.78 is 0. The zero-order valence-electron chi connectivity index (χ0n) is 8.32. The average molecular weight is 200 g/mol. The van der Waals surface area contributed by atoms with Crippen molar-refractivity contribution in [2.24, 2.45) is 5.92 Å². The third kappa shape index (κ3) is 3.33. The second-order valence-corrected chi connectivity index (χ2v) is 3.61. The number of hydrogen-bond donors (Lipinski definition) is 2. The summed E-state index contributed by atoms with van der Waals surface area (Å²) in [5, 5.41) is 11.4. The van der Waals surface area contributed by atoms with Crippen molar-refractivity contribution < 1.29 is 14.7 Å². The first-order chi connectivity index (χ1) is 6.59. The van der Waals surface area contributed by atoms with Gasteiger partial charge in [0.2, 0.25) is 5.91 Å². The van der Waals surface area contributed by atoms with Gasteiger partial charge in [-0.3, -0.25) is 9.59 Å². The first-order valence-corrected chi connectivity index (χ1v) is 4.79. The van der Waals surface area contributed by atoms with Crippen LogP contribution < -0.4 is 5.32 Å². The fourth-order valence-electron chi connectivity index (χ4n) is 1.63. The highest BCUT2D eigenvalue weighted by Crippen LogP contribution is 2.15. The Balaban J connectivity index is 2.16. The van der Waals surface area contributed by atoms with Crippen LogP contribution in [-0.2, 0) is 9.59 Å². The molecule has 0 aromatic carbocycles. The van der Waals surface area contributed by atoms with Crippen LogP contribution in [0.25, 0.3) is 0 Å². The lowest BCUT2D eigenvalue weighted by Crippen LogP contribution is -2.33. The van der Waals surface area contributed by atoms with Crippen LogP contribution in [0.15, 0.2) is 0 Å². The van der Waals surface area contributed by atoms with Crippen molar-refractivity contribution in [3.63, 3.8) is 0 Å². The number of carbonyl (C=O) groups is 2. The molecule has 14 heavy (non-hydrogen) atoms. The molecule has 1 aliphatic rings. The van der Waals surface area contributed by atoms with E-state index in [-0.39, 0.29) is 11.8 Å². The SMILES string of the molecule is CC(=O)NCCN1CCC(C(=O)O)C1. The monoisotopic (exact) mass is 200 g/mol. The summed E-state index contributed by atoms with van der Waals surface area (Å²) in [6.45, 7) is 4.24. The van der Waals surface area contributed by atoms with Crippen LogP contribution in [0.4, 0.5) is 0 Å². The second-order valence-electron chi connectivity index (χ2n) is 3.61. The van der Waals surface area contributed by atoms with Crippen LogP contribution in [0.3, 0.4) is 0 Å². The summed E-state index contributed by atoms with van der Waals surface area (Å²) in [5.74, 6) is -0.988. The molecule has 80 valence electrons. The summed E-state index contributed by atoms with van der Waals surface area (Å²) in [7, 11) is 0. The molecule has 5 nitrogen and oxygen atoms in total. The highest BCUT2D eigenvalue weighted by atomic mass is 16.4. The van der Waals surface area contributed by atoms with E-state index in [1.165, 1.54) is 6.92 Å².